The van der Waals surface area contributed by atoms with Gasteiger partial charge in [-0.1, -0.05) is 19.7 Å². The molecule has 0 saturated carbocycles. The molecule has 0 N–H and O–H groups in total. The second kappa shape index (κ2) is 12.3. The Balaban J connectivity index is -0.000000605. The standard InChI is InChI=1S/C7H14NO3P.2K/c1-3-5-8(6-4-2)7-12(9,10)11;;/h3-4H,1-2,5-7H2,(H2,9,10,11);;/q;2*+1/p-2. The Morgan fingerprint density at radius 3 is 1.71 bits per heavy atom. The molecule has 0 aliphatic rings. The Hall–Kier alpha value is 2.86. The maximum atomic E-state index is 10.4. The van der Waals surface area contributed by atoms with Gasteiger partial charge < -0.3 is 14.4 Å². The summed E-state index contributed by atoms with van der Waals surface area (Å²) in [5.41, 5.74) is 0. The van der Waals surface area contributed by atoms with Crippen LogP contribution in [0.25, 0.3) is 0 Å². The van der Waals surface area contributed by atoms with E-state index in [2.05, 4.69) is 13.2 Å². The van der Waals surface area contributed by atoms with E-state index in [0.29, 0.717) is 13.1 Å². The van der Waals surface area contributed by atoms with Crippen LogP contribution in [0.3, 0.4) is 0 Å². The first-order valence-electron chi connectivity index (χ1n) is 3.45. The van der Waals surface area contributed by atoms with Crippen molar-refractivity contribution in [2.45, 2.75) is 0 Å². The summed E-state index contributed by atoms with van der Waals surface area (Å²) in [5, 5.41) is 0. The van der Waals surface area contributed by atoms with Gasteiger partial charge in [0.2, 0.25) is 0 Å². The Morgan fingerprint density at radius 1 is 1.14 bits per heavy atom. The SMILES string of the molecule is C=CCN(CC=C)CP(=O)([O-])[O-].[K+].[K+]. The third kappa shape index (κ3) is 14.9. The van der Waals surface area contributed by atoms with E-state index in [-0.39, 0.29) is 103 Å². The second-order valence-corrected chi connectivity index (χ2v) is 3.87. The van der Waals surface area contributed by atoms with Gasteiger partial charge in [0.05, 0.1) is 0 Å². The normalized spacial score (nSPS) is 9.93. The number of rotatable bonds is 6. The third-order valence-electron chi connectivity index (χ3n) is 1.15. The molecule has 0 spiro atoms. The van der Waals surface area contributed by atoms with Gasteiger partial charge in [0.25, 0.3) is 0 Å². The monoisotopic (exact) mass is 267 g/mol. The fourth-order valence-electron chi connectivity index (χ4n) is 0.800. The molecule has 0 heterocycles. The molecular weight excluding hydrogens is 255 g/mol. The van der Waals surface area contributed by atoms with E-state index in [1.54, 1.807) is 12.2 Å². The minimum absolute atomic E-state index is 0. The molecule has 0 fully saturated rings. The zero-order valence-electron chi connectivity index (χ0n) is 8.81. The number of hydrogen-bond acceptors (Lipinski definition) is 4. The molecule has 0 rings (SSSR count). The molecule has 0 bridgehead atoms. The van der Waals surface area contributed by atoms with Crippen molar-refractivity contribution in [1.82, 2.24) is 4.90 Å². The van der Waals surface area contributed by atoms with Crippen molar-refractivity contribution in [3.63, 3.8) is 0 Å². The van der Waals surface area contributed by atoms with Gasteiger partial charge >= 0.3 is 103 Å². The first-order valence-corrected chi connectivity index (χ1v) is 5.17. The Labute approximate surface area is 170 Å². The summed E-state index contributed by atoms with van der Waals surface area (Å²) >= 11 is 0. The fourth-order valence-corrected chi connectivity index (χ4v) is 1.52. The molecule has 0 saturated heterocycles. The van der Waals surface area contributed by atoms with Gasteiger partial charge in [0, 0.05) is 19.4 Å². The van der Waals surface area contributed by atoms with E-state index >= 15 is 0 Å². The largest absolute Gasteiger partial charge is 1.00 e. The van der Waals surface area contributed by atoms with Crippen molar-refractivity contribution in [3.8, 4) is 0 Å². The number of nitrogens with zero attached hydrogens (tertiary/aromatic N) is 1. The summed E-state index contributed by atoms with van der Waals surface area (Å²) in [6.07, 6.45) is 2.61. The average Bonchev–Trinajstić information content (AvgIpc) is 1.84. The van der Waals surface area contributed by atoms with E-state index in [4.69, 9.17) is 0 Å². The van der Waals surface area contributed by atoms with Crippen molar-refractivity contribution in [1.29, 1.82) is 0 Å². The van der Waals surface area contributed by atoms with E-state index in [9.17, 15) is 14.4 Å². The molecule has 0 aromatic heterocycles. The molecule has 0 radical (unpaired) electrons. The average molecular weight is 267 g/mol. The summed E-state index contributed by atoms with van der Waals surface area (Å²) in [4.78, 5) is 22.2. The van der Waals surface area contributed by atoms with Gasteiger partial charge in [0.15, 0.2) is 0 Å². The molecule has 7 heteroatoms. The first-order chi connectivity index (χ1) is 5.49. The predicted molar refractivity (Wildman–Crippen MR) is 44.4 cm³/mol. The minimum Gasteiger partial charge on any atom is -0.810 e. The van der Waals surface area contributed by atoms with Gasteiger partial charge in [-0.3, -0.25) is 4.90 Å². The molecule has 0 aliphatic heterocycles. The molecule has 14 heavy (non-hydrogen) atoms. The molecule has 0 aromatic rings. The predicted octanol–water partition coefficient (Wildman–Crippen LogP) is -6.46. The molecule has 0 aliphatic carbocycles. The van der Waals surface area contributed by atoms with Crippen LogP contribution in [0.1, 0.15) is 0 Å². The van der Waals surface area contributed by atoms with Crippen molar-refractivity contribution in [2.75, 3.05) is 19.4 Å². The smallest absolute Gasteiger partial charge is 0.810 e. The maximum Gasteiger partial charge on any atom is 1.00 e. The van der Waals surface area contributed by atoms with E-state index < -0.39 is 13.9 Å². The third-order valence-corrected chi connectivity index (χ3v) is 1.89. The summed E-state index contributed by atoms with van der Waals surface area (Å²) < 4.78 is 10.4. The van der Waals surface area contributed by atoms with Crippen molar-refractivity contribution < 1.29 is 117 Å². The molecule has 70 valence electrons. The zero-order valence-corrected chi connectivity index (χ0v) is 16.0. The zero-order chi connectivity index (χ0) is 9.61. The Morgan fingerprint density at radius 2 is 1.50 bits per heavy atom. The van der Waals surface area contributed by atoms with Gasteiger partial charge in [0.1, 0.15) is 0 Å². The van der Waals surface area contributed by atoms with Gasteiger partial charge in [-0.2, -0.15) is 0 Å². The summed E-state index contributed by atoms with van der Waals surface area (Å²) in [7, 11) is -4.45. The van der Waals surface area contributed by atoms with Crippen LogP contribution in [0, 0.1) is 0 Å². The van der Waals surface area contributed by atoms with Gasteiger partial charge in [-0.15, -0.1) is 13.2 Å². The second-order valence-electron chi connectivity index (χ2n) is 2.37. The molecule has 4 nitrogen and oxygen atoms in total. The van der Waals surface area contributed by atoms with E-state index in [1.807, 2.05) is 0 Å². The van der Waals surface area contributed by atoms with Crippen LogP contribution < -0.4 is 113 Å². The Kier molecular flexibility index (Phi) is 19.4. The van der Waals surface area contributed by atoms with E-state index in [1.165, 1.54) is 4.90 Å². The molecule has 0 atom stereocenters. The van der Waals surface area contributed by atoms with Crippen molar-refractivity contribution in [2.24, 2.45) is 0 Å². The van der Waals surface area contributed by atoms with Crippen LogP contribution in [-0.2, 0) is 4.57 Å². The van der Waals surface area contributed by atoms with E-state index in [0.717, 1.165) is 0 Å². The van der Waals surface area contributed by atoms with Gasteiger partial charge in [-0.05, 0) is 0 Å². The minimum atomic E-state index is -4.45. The molecule has 0 unspecified atom stereocenters. The Bertz CT molecular complexity index is 197. The van der Waals surface area contributed by atoms with Gasteiger partial charge in [-0.25, -0.2) is 0 Å². The van der Waals surface area contributed by atoms with Crippen LogP contribution in [0.4, 0.5) is 0 Å². The molecular formula is C7H12K2NO3P. The van der Waals surface area contributed by atoms with Crippen LogP contribution >= 0.6 is 7.60 Å². The van der Waals surface area contributed by atoms with Crippen molar-refractivity contribution >= 4 is 7.60 Å². The summed E-state index contributed by atoms with van der Waals surface area (Å²) in [6.45, 7) is 7.64. The maximum absolute atomic E-state index is 10.4. The molecule has 0 amide bonds. The van der Waals surface area contributed by atoms with Crippen molar-refractivity contribution in [3.05, 3.63) is 25.3 Å². The van der Waals surface area contributed by atoms with Crippen LogP contribution in [0.2, 0.25) is 0 Å². The van der Waals surface area contributed by atoms with Crippen LogP contribution in [0.5, 0.6) is 0 Å². The van der Waals surface area contributed by atoms with Crippen LogP contribution in [-0.4, -0.2) is 24.3 Å². The fraction of sp³-hybridized carbons (Fsp3) is 0.429. The molecule has 0 aromatic carbocycles. The van der Waals surface area contributed by atoms with Crippen LogP contribution in [0.15, 0.2) is 25.3 Å². The topological polar surface area (TPSA) is 66.4 Å². The summed E-state index contributed by atoms with van der Waals surface area (Å²) in [5.74, 6) is 0. The summed E-state index contributed by atoms with van der Waals surface area (Å²) in [6, 6.07) is 0. The first kappa shape index (κ1) is 22.1. The quantitative estimate of drug-likeness (QED) is 0.273. The number of hydrogen-bond donors (Lipinski definition) is 0.